The van der Waals surface area contributed by atoms with Crippen molar-refractivity contribution in [2.24, 2.45) is 0 Å². The van der Waals surface area contributed by atoms with Gasteiger partial charge in [0.05, 0.1) is 18.5 Å². The molecular formula is C23H20ClFN4O2. The first-order chi connectivity index (χ1) is 15.0. The number of carbonyl (C=O) groups is 1. The van der Waals surface area contributed by atoms with Crippen molar-refractivity contribution in [2.45, 2.75) is 19.5 Å². The molecule has 0 bridgehead atoms. The van der Waals surface area contributed by atoms with E-state index in [9.17, 15) is 14.0 Å². The Morgan fingerprint density at radius 2 is 1.84 bits per heavy atom. The number of benzene rings is 2. The molecule has 31 heavy (non-hydrogen) atoms. The van der Waals surface area contributed by atoms with Crippen molar-refractivity contribution >= 4 is 28.7 Å². The highest BCUT2D eigenvalue weighted by Crippen LogP contribution is 2.13. The van der Waals surface area contributed by atoms with Gasteiger partial charge >= 0.3 is 5.69 Å². The average Bonchev–Trinajstić information content (AvgIpc) is 3.01. The fourth-order valence-corrected chi connectivity index (χ4v) is 3.69. The van der Waals surface area contributed by atoms with Crippen LogP contribution in [0.15, 0.2) is 71.7 Å². The number of carbonyl (C=O) groups excluding carboxylic acids is 1. The van der Waals surface area contributed by atoms with Gasteiger partial charge < -0.3 is 5.32 Å². The minimum Gasteiger partial charge on any atom is -0.354 e. The highest BCUT2D eigenvalue weighted by atomic mass is 35.5. The molecular weight excluding hydrogens is 419 g/mol. The van der Waals surface area contributed by atoms with E-state index >= 15 is 0 Å². The summed E-state index contributed by atoms with van der Waals surface area (Å²) < 4.78 is 16.3. The van der Waals surface area contributed by atoms with Crippen LogP contribution in [0.4, 0.5) is 4.39 Å². The van der Waals surface area contributed by atoms with Crippen LogP contribution in [0.2, 0.25) is 5.02 Å². The second kappa shape index (κ2) is 9.14. The third kappa shape index (κ3) is 4.83. The largest absolute Gasteiger partial charge is 0.354 e. The maximum atomic E-state index is 13.2. The summed E-state index contributed by atoms with van der Waals surface area (Å²) in [6, 6.07) is 16.8. The molecule has 4 aromatic rings. The topological polar surface area (TPSA) is 68.9 Å². The molecule has 0 saturated carbocycles. The lowest BCUT2D eigenvalue weighted by molar-refractivity contribution is -0.120. The molecule has 2 aromatic heterocycles. The molecule has 1 amide bonds. The first kappa shape index (κ1) is 20.8. The summed E-state index contributed by atoms with van der Waals surface area (Å²) in [4.78, 5) is 29.6. The summed E-state index contributed by atoms with van der Waals surface area (Å²) in [5, 5.41) is 3.42. The van der Waals surface area contributed by atoms with E-state index < -0.39 is 0 Å². The molecule has 0 atom stereocenters. The second-order valence-corrected chi connectivity index (χ2v) is 7.59. The number of nitrogens with zero attached hydrogens (tertiary/aromatic N) is 3. The summed E-state index contributed by atoms with van der Waals surface area (Å²) in [5.41, 5.74) is 2.61. The summed E-state index contributed by atoms with van der Waals surface area (Å²) >= 11 is 5.96. The van der Waals surface area contributed by atoms with E-state index in [0.29, 0.717) is 22.7 Å². The normalized spacial score (nSPS) is 11.0. The zero-order valence-electron chi connectivity index (χ0n) is 16.6. The SMILES string of the molecule is O=C(Cc1cccc(Cl)c1)NCCn1c(=O)n(Cc2ccc(F)cc2)c2cccnc21. The fraction of sp³-hybridized carbons (Fsp3) is 0.174. The molecule has 0 radical (unpaired) electrons. The highest BCUT2D eigenvalue weighted by molar-refractivity contribution is 6.30. The van der Waals surface area contributed by atoms with E-state index in [1.807, 2.05) is 12.1 Å². The van der Waals surface area contributed by atoms with Crippen LogP contribution in [0.1, 0.15) is 11.1 Å². The number of hydrogen-bond acceptors (Lipinski definition) is 3. The van der Waals surface area contributed by atoms with Crippen LogP contribution in [-0.2, 0) is 24.3 Å². The van der Waals surface area contributed by atoms with Gasteiger partial charge in [0.2, 0.25) is 5.91 Å². The average molecular weight is 439 g/mol. The number of imidazole rings is 1. The van der Waals surface area contributed by atoms with E-state index in [4.69, 9.17) is 11.6 Å². The number of amides is 1. The molecule has 2 aromatic carbocycles. The minimum absolute atomic E-state index is 0.154. The number of rotatable bonds is 7. The lowest BCUT2D eigenvalue weighted by atomic mass is 10.1. The number of fused-ring (bicyclic) bond motifs is 1. The molecule has 0 aliphatic carbocycles. The van der Waals surface area contributed by atoms with Crippen molar-refractivity contribution in [1.82, 2.24) is 19.4 Å². The lowest BCUT2D eigenvalue weighted by Crippen LogP contribution is -2.32. The predicted octanol–water partition coefficient (Wildman–Crippen LogP) is 3.40. The van der Waals surface area contributed by atoms with E-state index in [2.05, 4.69) is 10.3 Å². The van der Waals surface area contributed by atoms with Crippen LogP contribution in [-0.4, -0.2) is 26.6 Å². The fourth-order valence-electron chi connectivity index (χ4n) is 3.48. The molecule has 0 spiro atoms. The van der Waals surface area contributed by atoms with Crippen molar-refractivity contribution < 1.29 is 9.18 Å². The third-order valence-electron chi connectivity index (χ3n) is 4.94. The first-order valence-corrected chi connectivity index (χ1v) is 10.2. The molecule has 1 N–H and O–H groups in total. The van der Waals surface area contributed by atoms with Gasteiger partial charge in [-0.2, -0.15) is 0 Å². The minimum atomic E-state index is -0.325. The van der Waals surface area contributed by atoms with Gasteiger partial charge in [0, 0.05) is 24.3 Å². The van der Waals surface area contributed by atoms with E-state index in [1.54, 1.807) is 51.7 Å². The van der Waals surface area contributed by atoms with Gasteiger partial charge in [-0.3, -0.25) is 13.9 Å². The van der Waals surface area contributed by atoms with Gasteiger partial charge in [-0.25, -0.2) is 14.2 Å². The molecule has 158 valence electrons. The molecule has 6 nitrogen and oxygen atoms in total. The monoisotopic (exact) mass is 438 g/mol. The smallest absolute Gasteiger partial charge is 0.330 e. The van der Waals surface area contributed by atoms with Crippen LogP contribution in [0.25, 0.3) is 11.2 Å². The Morgan fingerprint density at radius 1 is 1.03 bits per heavy atom. The number of aromatic nitrogens is 3. The highest BCUT2D eigenvalue weighted by Gasteiger charge is 2.14. The van der Waals surface area contributed by atoms with Crippen LogP contribution < -0.4 is 11.0 Å². The van der Waals surface area contributed by atoms with Gasteiger partial charge in [-0.1, -0.05) is 35.9 Å². The van der Waals surface area contributed by atoms with Crippen molar-refractivity contribution in [3.63, 3.8) is 0 Å². The van der Waals surface area contributed by atoms with Gasteiger partial charge in [-0.15, -0.1) is 0 Å². The van der Waals surface area contributed by atoms with Gasteiger partial charge in [0.15, 0.2) is 5.65 Å². The standard InChI is InChI=1S/C23H20ClFN4O2/c24-18-4-1-3-17(13-18)14-21(30)26-11-12-28-22-20(5-2-10-27-22)29(23(28)31)15-16-6-8-19(25)9-7-16/h1-10,13H,11-12,14-15H2,(H,26,30). The summed E-state index contributed by atoms with van der Waals surface area (Å²) in [5.74, 6) is -0.480. The Hall–Kier alpha value is -3.45. The molecule has 4 rings (SSSR count). The van der Waals surface area contributed by atoms with Gasteiger partial charge in [0.1, 0.15) is 5.82 Å². The molecule has 0 saturated heterocycles. The Balaban J connectivity index is 1.49. The maximum Gasteiger partial charge on any atom is 0.330 e. The second-order valence-electron chi connectivity index (χ2n) is 7.15. The number of pyridine rings is 1. The molecule has 8 heteroatoms. The maximum absolute atomic E-state index is 13.2. The predicted molar refractivity (Wildman–Crippen MR) is 118 cm³/mol. The quantitative estimate of drug-likeness (QED) is 0.481. The summed E-state index contributed by atoms with van der Waals surface area (Å²) in [7, 11) is 0. The number of hydrogen-bond donors (Lipinski definition) is 1. The Morgan fingerprint density at radius 3 is 2.61 bits per heavy atom. The molecule has 0 aliphatic heterocycles. The van der Waals surface area contributed by atoms with Gasteiger partial charge in [0.25, 0.3) is 0 Å². The van der Waals surface area contributed by atoms with Crippen LogP contribution in [0, 0.1) is 5.82 Å². The molecule has 0 fully saturated rings. The first-order valence-electron chi connectivity index (χ1n) is 9.81. The van der Waals surface area contributed by atoms with Crippen LogP contribution in [0.5, 0.6) is 0 Å². The Labute approximate surface area is 182 Å². The van der Waals surface area contributed by atoms with E-state index in [1.165, 1.54) is 12.1 Å². The number of nitrogens with one attached hydrogen (secondary N) is 1. The van der Waals surface area contributed by atoms with Crippen LogP contribution in [0.3, 0.4) is 0 Å². The van der Waals surface area contributed by atoms with E-state index in [0.717, 1.165) is 11.1 Å². The van der Waals surface area contributed by atoms with Crippen LogP contribution >= 0.6 is 11.6 Å². The molecule has 0 unspecified atom stereocenters. The lowest BCUT2D eigenvalue weighted by Gasteiger charge is -2.07. The van der Waals surface area contributed by atoms with Gasteiger partial charge in [-0.05, 0) is 47.5 Å². The Bertz CT molecular complexity index is 1280. The van der Waals surface area contributed by atoms with Crippen molar-refractivity contribution in [2.75, 3.05) is 6.54 Å². The zero-order chi connectivity index (χ0) is 21.8. The Kier molecular flexibility index (Phi) is 6.13. The van der Waals surface area contributed by atoms with Crippen molar-refractivity contribution in [3.05, 3.63) is 99.3 Å². The molecule has 0 aliphatic rings. The summed E-state index contributed by atoms with van der Waals surface area (Å²) in [6.45, 7) is 0.866. The third-order valence-corrected chi connectivity index (χ3v) is 5.17. The van der Waals surface area contributed by atoms with Crippen molar-refractivity contribution in [3.8, 4) is 0 Å². The molecule has 2 heterocycles. The van der Waals surface area contributed by atoms with E-state index in [-0.39, 0.29) is 36.9 Å². The number of halogens is 2. The van der Waals surface area contributed by atoms with Crippen molar-refractivity contribution in [1.29, 1.82) is 0 Å². The zero-order valence-corrected chi connectivity index (χ0v) is 17.3. The summed E-state index contributed by atoms with van der Waals surface area (Å²) in [6.07, 6.45) is 1.83.